The van der Waals surface area contributed by atoms with E-state index in [1.807, 2.05) is 24.3 Å². The predicted molar refractivity (Wildman–Crippen MR) is 94.1 cm³/mol. The third-order valence-electron chi connectivity index (χ3n) is 3.26. The molecule has 0 atom stereocenters. The maximum atomic E-state index is 12.4. The normalized spacial score (nSPS) is 16.1. The van der Waals surface area contributed by atoms with Crippen LogP contribution < -0.4 is 4.74 Å². The number of esters is 1. The molecule has 0 spiro atoms. The summed E-state index contributed by atoms with van der Waals surface area (Å²) in [7, 11) is 2.94. The number of hydrogen-bond donors (Lipinski definition) is 0. The van der Waals surface area contributed by atoms with Crippen LogP contribution in [0.1, 0.15) is 18.4 Å². The molecule has 0 unspecified atom stereocenters. The van der Waals surface area contributed by atoms with Gasteiger partial charge in [-0.05, 0) is 30.2 Å². The minimum absolute atomic E-state index is 0.132. The Bertz CT molecular complexity index is 657. The van der Waals surface area contributed by atoms with Crippen LogP contribution in [0, 0.1) is 0 Å². The van der Waals surface area contributed by atoms with Crippen LogP contribution in [0.25, 0.3) is 6.08 Å². The minimum Gasteiger partial charge on any atom is -0.497 e. The average molecular weight is 351 g/mol. The van der Waals surface area contributed by atoms with Gasteiger partial charge in [-0.2, -0.15) is 0 Å². The maximum absolute atomic E-state index is 12.4. The Morgan fingerprint density at radius 2 is 2.17 bits per heavy atom. The molecule has 0 aliphatic carbocycles. The standard InChI is InChI=1S/C16H17NO4S2/c1-20-12-6-3-5-11(9-12)10-13-15(19)17(16(22)23-13)8-4-7-14(18)21-2/h3,5-6,9-10H,4,7-8H2,1-2H3/b13-10-. The number of amides is 1. The van der Waals surface area contributed by atoms with Gasteiger partial charge in [0.05, 0.1) is 19.1 Å². The first-order valence-corrected chi connectivity index (χ1v) is 8.24. The van der Waals surface area contributed by atoms with Gasteiger partial charge in [0.1, 0.15) is 10.1 Å². The molecule has 1 aliphatic rings. The number of carbonyl (C=O) groups excluding carboxylic acids is 2. The fraction of sp³-hybridized carbons (Fsp3) is 0.312. The number of thioether (sulfide) groups is 1. The Kier molecular flexibility index (Phi) is 6.18. The molecule has 1 heterocycles. The van der Waals surface area contributed by atoms with E-state index in [-0.39, 0.29) is 18.3 Å². The van der Waals surface area contributed by atoms with Crippen LogP contribution >= 0.6 is 24.0 Å². The summed E-state index contributed by atoms with van der Waals surface area (Å²) in [6.45, 7) is 0.412. The maximum Gasteiger partial charge on any atom is 0.305 e. The van der Waals surface area contributed by atoms with Crippen LogP contribution in [0.2, 0.25) is 0 Å². The number of hydrogen-bond acceptors (Lipinski definition) is 6. The van der Waals surface area contributed by atoms with Crippen molar-refractivity contribution in [1.29, 1.82) is 0 Å². The highest BCUT2D eigenvalue weighted by Gasteiger charge is 2.31. The zero-order chi connectivity index (χ0) is 16.8. The summed E-state index contributed by atoms with van der Waals surface area (Å²) in [5.41, 5.74) is 0.874. The molecule has 1 saturated heterocycles. The largest absolute Gasteiger partial charge is 0.497 e. The molecule has 0 saturated carbocycles. The van der Waals surface area contributed by atoms with Crippen molar-refractivity contribution in [3.63, 3.8) is 0 Å². The zero-order valence-electron chi connectivity index (χ0n) is 12.9. The van der Waals surface area contributed by atoms with Crippen LogP contribution in [0.15, 0.2) is 29.2 Å². The second-order valence-electron chi connectivity index (χ2n) is 4.79. The molecular formula is C16H17NO4S2. The zero-order valence-corrected chi connectivity index (χ0v) is 14.5. The van der Waals surface area contributed by atoms with Crippen molar-refractivity contribution in [1.82, 2.24) is 4.90 Å². The lowest BCUT2D eigenvalue weighted by molar-refractivity contribution is -0.141. The molecule has 1 aromatic carbocycles. The molecule has 5 nitrogen and oxygen atoms in total. The van der Waals surface area contributed by atoms with Gasteiger partial charge in [0.2, 0.25) is 0 Å². The summed E-state index contributed by atoms with van der Waals surface area (Å²) in [6, 6.07) is 7.45. The van der Waals surface area contributed by atoms with Crippen molar-refractivity contribution in [2.45, 2.75) is 12.8 Å². The smallest absolute Gasteiger partial charge is 0.305 e. The van der Waals surface area contributed by atoms with E-state index < -0.39 is 0 Å². The molecule has 23 heavy (non-hydrogen) atoms. The van der Waals surface area contributed by atoms with E-state index in [0.717, 1.165) is 11.3 Å². The van der Waals surface area contributed by atoms with Gasteiger partial charge in [-0.15, -0.1) is 0 Å². The van der Waals surface area contributed by atoms with E-state index in [1.165, 1.54) is 23.8 Å². The number of ether oxygens (including phenoxy) is 2. The summed E-state index contributed by atoms with van der Waals surface area (Å²) < 4.78 is 10.3. The first kappa shape index (κ1) is 17.5. The fourth-order valence-electron chi connectivity index (χ4n) is 2.06. The van der Waals surface area contributed by atoms with Gasteiger partial charge in [-0.25, -0.2) is 0 Å². The van der Waals surface area contributed by atoms with E-state index in [1.54, 1.807) is 13.2 Å². The molecule has 1 amide bonds. The molecule has 0 bridgehead atoms. The van der Waals surface area contributed by atoms with Gasteiger partial charge >= 0.3 is 5.97 Å². The Morgan fingerprint density at radius 3 is 2.87 bits per heavy atom. The summed E-state index contributed by atoms with van der Waals surface area (Å²) in [5, 5.41) is 0. The Labute approximate surface area is 144 Å². The fourth-order valence-corrected chi connectivity index (χ4v) is 3.37. The van der Waals surface area contributed by atoms with Crippen molar-refractivity contribution in [2.24, 2.45) is 0 Å². The topological polar surface area (TPSA) is 55.8 Å². The van der Waals surface area contributed by atoms with E-state index in [4.69, 9.17) is 17.0 Å². The van der Waals surface area contributed by atoms with Crippen molar-refractivity contribution in [2.75, 3.05) is 20.8 Å². The van der Waals surface area contributed by atoms with Crippen LogP contribution in [0.4, 0.5) is 0 Å². The molecule has 1 aromatic rings. The highest BCUT2D eigenvalue weighted by molar-refractivity contribution is 8.26. The lowest BCUT2D eigenvalue weighted by Gasteiger charge is -2.13. The Hall–Kier alpha value is -1.86. The third kappa shape index (κ3) is 4.56. The first-order valence-electron chi connectivity index (χ1n) is 7.01. The van der Waals surface area contributed by atoms with Gasteiger partial charge in [-0.1, -0.05) is 36.1 Å². The van der Waals surface area contributed by atoms with Crippen molar-refractivity contribution < 1.29 is 19.1 Å². The highest BCUT2D eigenvalue weighted by Crippen LogP contribution is 2.33. The number of rotatable bonds is 6. The third-order valence-corrected chi connectivity index (χ3v) is 4.63. The van der Waals surface area contributed by atoms with Crippen molar-refractivity contribution in [3.05, 3.63) is 34.7 Å². The monoisotopic (exact) mass is 351 g/mol. The van der Waals surface area contributed by atoms with Gasteiger partial charge in [-0.3, -0.25) is 14.5 Å². The second-order valence-corrected chi connectivity index (χ2v) is 6.47. The number of thiocarbonyl (C=S) groups is 1. The van der Waals surface area contributed by atoms with Crippen molar-refractivity contribution >= 4 is 46.3 Å². The van der Waals surface area contributed by atoms with E-state index >= 15 is 0 Å². The lowest BCUT2D eigenvalue weighted by atomic mass is 10.2. The van der Waals surface area contributed by atoms with Crippen LogP contribution in [-0.2, 0) is 14.3 Å². The SMILES string of the molecule is COC(=O)CCCN1C(=O)/C(=C/c2cccc(OC)c2)SC1=S. The number of nitrogens with zero attached hydrogens (tertiary/aromatic N) is 1. The number of benzene rings is 1. The summed E-state index contributed by atoms with van der Waals surface area (Å²) in [5.74, 6) is 0.308. The Balaban J connectivity index is 2.05. The molecule has 7 heteroatoms. The van der Waals surface area contributed by atoms with Crippen LogP contribution in [-0.4, -0.2) is 41.9 Å². The van der Waals surface area contributed by atoms with Crippen LogP contribution in [0.3, 0.4) is 0 Å². The van der Waals surface area contributed by atoms with E-state index in [0.29, 0.717) is 22.2 Å². The van der Waals surface area contributed by atoms with Crippen LogP contribution in [0.5, 0.6) is 5.75 Å². The molecular weight excluding hydrogens is 334 g/mol. The molecule has 0 N–H and O–H groups in total. The number of carbonyl (C=O) groups is 2. The van der Waals surface area contributed by atoms with Gasteiger partial charge in [0.15, 0.2) is 0 Å². The van der Waals surface area contributed by atoms with Gasteiger partial charge in [0.25, 0.3) is 5.91 Å². The average Bonchev–Trinajstić information content (AvgIpc) is 2.82. The van der Waals surface area contributed by atoms with E-state index in [2.05, 4.69) is 4.74 Å². The number of methoxy groups -OCH3 is 2. The highest BCUT2D eigenvalue weighted by atomic mass is 32.2. The van der Waals surface area contributed by atoms with Gasteiger partial charge in [0, 0.05) is 13.0 Å². The molecule has 2 rings (SSSR count). The molecule has 122 valence electrons. The molecule has 1 fully saturated rings. The van der Waals surface area contributed by atoms with E-state index in [9.17, 15) is 9.59 Å². The Morgan fingerprint density at radius 1 is 1.39 bits per heavy atom. The minimum atomic E-state index is -0.289. The predicted octanol–water partition coefficient (Wildman–Crippen LogP) is 2.85. The molecule has 0 aromatic heterocycles. The second kappa shape index (κ2) is 8.12. The quantitative estimate of drug-likeness (QED) is 0.446. The van der Waals surface area contributed by atoms with Gasteiger partial charge < -0.3 is 9.47 Å². The summed E-state index contributed by atoms with van der Waals surface area (Å²) in [4.78, 5) is 25.6. The first-order chi connectivity index (χ1) is 11.0. The van der Waals surface area contributed by atoms with Crippen molar-refractivity contribution in [3.8, 4) is 5.75 Å². The molecule has 0 radical (unpaired) electrons. The lowest BCUT2D eigenvalue weighted by Crippen LogP contribution is -2.29. The molecule has 1 aliphatic heterocycles. The summed E-state index contributed by atoms with van der Waals surface area (Å²) >= 11 is 6.52. The summed E-state index contributed by atoms with van der Waals surface area (Å²) in [6.07, 6.45) is 2.58.